The summed E-state index contributed by atoms with van der Waals surface area (Å²) in [5.41, 5.74) is -1.71. The summed E-state index contributed by atoms with van der Waals surface area (Å²) in [6.07, 6.45) is -5.22. The van der Waals surface area contributed by atoms with Crippen molar-refractivity contribution in [3.05, 3.63) is 33.8 Å². The highest BCUT2D eigenvalue weighted by molar-refractivity contribution is 6.31. The second-order valence-corrected chi connectivity index (χ2v) is 4.54. The van der Waals surface area contributed by atoms with Gasteiger partial charge in [-0.25, -0.2) is 0 Å². The summed E-state index contributed by atoms with van der Waals surface area (Å²) < 4.78 is 38.7. The van der Waals surface area contributed by atoms with Crippen molar-refractivity contribution in [2.45, 2.75) is 39.0 Å². The van der Waals surface area contributed by atoms with E-state index in [2.05, 4.69) is 0 Å². The molecule has 1 aromatic carbocycles. The molecule has 0 radical (unpaired) electrons. The lowest BCUT2D eigenvalue weighted by Crippen LogP contribution is -2.42. The lowest BCUT2D eigenvalue weighted by Gasteiger charge is -2.31. The van der Waals surface area contributed by atoms with E-state index in [9.17, 15) is 18.3 Å². The fourth-order valence-corrected chi connectivity index (χ4v) is 2.02. The number of rotatable bonds is 2. The number of hydrogen-bond acceptors (Lipinski definition) is 1. The molecular formula is C12H14ClF3O. The van der Waals surface area contributed by atoms with Crippen LogP contribution in [0.3, 0.4) is 0 Å². The minimum Gasteiger partial charge on any atom is -0.376 e. The average molecular weight is 267 g/mol. The van der Waals surface area contributed by atoms with E-state index in [1.54, 1.807) is 13.8 Å². The van der Waals surface area contributed by atoms with Gasteiger partial charge in [-0.2, -0.15) is 13.2 Å². The van der Waals surface area contributed by atoms with E-state index in [4.69, 9.17) is 11.6 Å². The number of aryl methyl sites for hydroxylation is 2. The van der Waals surface area contributed by atoms with Crippen LogP contribution in [-0.4, -0.2) is 11.3 Å². The molecule has 0 aliphatic carbocycles. The minimum absolute atomic E-state index is 0.0604. The highest BCUT2D eigenvalue weighted by atomic mass is 35.5. The van der Waals surface area contributed by atoms with Crippen LogP contribution in [0.2, 0.25) is 5.02 Å². The number of benzene rings is 1. The molecule has 5 heteroatoms. The first-order valence-electron chi connectivity index (χ1n) is 5.19. The van der Waals surface area contributed by atoms with Gasteiger partial charge in [-0.1, -0.05) is 24.6 Å². The zero-order chi connectivity index (χ0) is 13.4. The van der Waals surface area contributed by atoms with Crippen LogP contribution >= 0.6 is 11.6 Å². The largest absolute Gasteiger partial charge is 0.421 e. The Morgan fingerprint density at radius 2 is 1.65 bits per heavy atom. The molecule has 1 unspecified atom stereocenters. The van der Waals surface area contributed by atoms with Crippen molar-refractivity contribution in [3.63, 3.8) is 0 Å². The molecule has 0 amide bonds. The summed E-state index contributed by atoms with van der Waals surface area (Å²) in [6, 6.07) is 2.74. The van der Waals surface area contributed by atoms with Crippen LogP contribution in [-0.2, 0) is 5.60 Å². The molecule has 0 saturated carbocycles. The van der Waals surface area contributed by atoms with Gasteiger partial charge in [0.15, 0.2) is 5.60 Å². The Morgan fingerprint density at radius 3 is 2.06 bits per heavy atom. The smallest absolute Gasteiger partial charge is 0.376 e. The molecule has 0 aliphatic rings. The van der Waals surface area contributed by atoms with Gasteiger partial charge in [0.25, 0.3) is 0 Å². The number of halogens is 4. The highest BCUT2D eigenvalue weighted by Gasteiger charge is 2.54. The first-order chi connectivity index (χ1) is 7.63. The average Bonchev–Trinajstić information content (AvgIpc) is 2.20. The monoisotopic (exact) mass is 266 g/mol. The maximum atomic E-state index is 12.9. The second-order valence-electron chi connectivity index (χ2n) is 4.13. The Morgan fingerprint density at radius 1 is 1.18 bits per heavy atom. The number of alkyl halides is 3. The van der Waals surface area contributed by atoms with Gasteiger partial charge < -0.3 is 5.11 Å². The molecular weight excluding hydrogens is 253 g/mol. The molecule has 0 saturated heterocycles. The normalized spacial score (nSPS) is 15.8. The zero-order valence-electron chi connectivity index (χ0n) is 9.82. The van der Waals surface area contributed by atoms with Gasteiger partial charge in [0.05, 0.1) is 0 Å². The van der Waals surface area contributed by atoms with Gasteiger partial charge >= 0.3 is 6.18 Å². The molecule has 0 aliphatic heterocycles. The molecule has 96 valence electrons. The summed E-state index contributed by atoms with van der Waals surface area (Å²) in [6.45, 7) is 4.71. The van der Waals surface area contributed by atoms with Crippen LogP contribution in [0.1, 0.15) is 30.0 Å². The Bertz CT molecular complexity index is 428. The Balaban J connectivity index is 3.46. The van der Waals surface area contributed by atoms with Gasteiger partial charge in [-0.15, -0.1) is 0 Å². The molecule has 1 rings (SSSR count). The van der Waals surface area contributed by atoms with Crippen LogP contribution in [0.5, 0.6) is 0 Å². The zero-order valence-corrected chi connectivity index (χ0v) is 10.6. The number of hydrogen-bond donors (Lipinski definition) is 1. The molecule has 0 aromatic heterocycles. The number of aliphatic hydroxyl groups is 1. The fourth-order valence-electron chi connectivity index (χ4n) is 1.64. The van der Waals surface area contributed by atoms with Crippen LogP contribution in [0.25, 0.3) is 0 Å². The van der Waals surface area contributed by atoms with E-state index in [1.165, 1.54) is 19.1 Å². The van der Waals surface area contributed by atoms with Crippen molar-refractivity contribution in [1.29, 1.82) is 0 Å². The summed E-state index contributed by atoms with van der Waals surface area (Å²) in [5, 5.41) is 9.75. The Hall–Kier alpha value is -0.740. The second kappa shape index (κ2) is 4.50. The van der Waals surface area contributed by atoms with E-state index in [0.29, 0.717) is 5.56 Å². The third kappa shape index (κ3) is 2.43. The first-order valence-corrected chi connectivity index (χ1v) is 5.57. The third-order valence-electron chi connectivity index (χ3n) is 3.01. The lowest BCUT2D eigenvalue weighted by atomic mass is 9.88. The standard InChI is InChI=1S/C12H14ClF3O/c1-4-11(17,12(14,15)16)9-5-7(2)8(3)6-10(9)13/h5-6,17H,4H2,1-3H3. The van der Waals surface area contributed by atoms with Gasteiger partial charge in [0, 0.05) is 10.6 Å². The molecule has 0 spiro atoms. The van der Waals surface area contributed by atoms with Crippen molar-refractivity contribution in [3.8, 4) is 0 Å². The Kier molecular flexibility index (Phi) is 3.79. The molecule has 1 aromatic rings. The minimum atomic E-state index is -4.74. The maximum Gasteiger partial charge on any atom is 0.421 e. The van der Waals surface area contributed by atoms with Crippen LogP contribution in [0, 0.1) is 13.8 Å². The van der Waals surface area contributed by atoms with E-state index in [-0.39, 0.29) is 10.6 Å². The summed E-state index contributed by atoms with van der Waals surface area (Å²) in [5.74, 6) is 0. The van der Waals surface area contributed by atoms with Crippen LogP contribution < -0.4 is 0 Å². The Labute approximate surface area is 103 Å². The quantitative estimate of drug-likeness (QED) is 0.854. The predicted molar refractivity (Wildman–Crippen MR) is 61.2 cm³/mol. The summed E-state index contributed by atoms with van der Waals surface area (Å²) in [4.78, 5) is 0. The van der Waals surface area contributed by atoms with E-state index < -0.39 is 18.2 Å². The van der Waals surface area contributed by atoms with Gasteiger partial charge in [-0.3, -0.25) is 0 Å². The van der Waals surface area contributed by atoms with E-state index in [0.717, 1.165) is 5.56 Å². The van der Waals surface area contributed by atoms with Crippen molar-refractivity contribution in [2.24, 2.45) is 0 Å². The fraction of sp³-hybridized carbons (Fsp3) is 0.500. The SMILES string of the molecule is CCC(O)(c1cc(C)c(C)cc1Cl)C(F)(F)F. The maximum absolute atomic E-state index is 12.9. The lowest BCUT2D eigenvalue weighted by molar-refractivity contribution is -0.267. The van der Waals surface area contributed by atoms with Crippen molar-refractivity contribution >= 4 is 11.6 Å². The van der Waals surface area contributed by atoms with Crippen molar-refractivity contribution in [1.82, 2.24) is 0 Å². The summed E-state index contributed by atoms with van der Waals surface area (Å²) in [7, 11) is 0. The van der Waals surface area contributed by atoms with E-state index in [1.807, 2.05) is 0 Å². The topological polar surface area (TPSA) is 20.2 Å². The molecule has 0 bridgehead atoms. The molecule has 0 heterocycles. The highest BCUT2D eigenvalue weighted by Crippen LogP contribution is 2.44. The predicted octanol–water partition coefficient (Wildman–Crippen LogP) is 4.12. The van der Waals surface area contributed by atoms with Gasteiger partial charge in [0.2, 0.25) is 0 Å². The van der Waals surface area contributed by atoms with E-state index >= 15 is 0 Å². The molecule has 0 fully saturated rings. The van der Waals surface area contributed by atoms with Crippen molar-refractivity contribution in [2.75, 3.05) is 0 Å². The van der Waals surface area contributed by atoms with Crippen LogP contribution in [0.15, 0.2) is 12.1 Å². The first kappa shape index (κ1) is 14.3. The van der Waals surface area contributed by atoms with Gasteiger partial charge in [-0.05, 0) is 37.5 Å². The molecule has 17 heavy (non-hydrogen) atoms. The third-order valence-corrected chi connectivity index (χ3v) is 3.32. The van der Waals surface area contributed by atoms with Crippen molar-refractivity contribution < 1.29 is 18.3 Å². The molecule has 1 atom stereocenters. The summed E-state index contributed by atoms with van der Waals surface area (Å²) >= 11 is 5.81. The molecule has 1 nitrogen and oxygen atoms in total. The molecule has 1 N–H and O–H groups in total. The van der Waals surface area contributed by atoms with Crippen LogP contribution in [0.4, 0.5) is 13.2 Å². The van der Waals surface area contributed by atoms with Gasteiger partial charge in [0.1, 0.15) is 0 Å².